The van der Waals surface area contributed by atoms with Gasteiger partial charge in [0, 0.05) is 32.8 Å². The topological polar surface area (TPSA) is 20.2 Å². The van der Waals surface area contributed by atoms with E-state index >= 15 is 0 Å². The molecule has 0 rings (SSSR count). The van der Waals surface area contributed by atoms with Crippen LogP contribution in [-0.2, 0) is 26.2 Å². The maximum Gasteiger partial charge on any atom is 0.0428 e. The van der Waals surface area contributed by atoms with Crippen LogP contribution < -0.4 is 0 Å². The van der Waals surface area contributed by atoms with E-state index in [4.69, 9.17) is 5.11 Å². The largest absolute Gasteiger partial charge is 0.396 e. The molecule has 1 nitrogen and oxygen atoms in total. The molecule has 0 fully saturated rings. The maximum absolute atomic E-state index is 7.88. The number of hydrogen-bond acceptors (Lipinski definition) is 1. The molecule has 2 heteroatoms. The van der Waals surface area contributed by atoms with Gasteiger partial charge in [-0.1, -0.05) is 6.92 Å². The normalized spacial score (nSPS) is 6.00. The summed E-state index contributed by atoms with van der Waals surface area (Å²) in [6.45, 7) is 6.25. The molecule has 0 aliphatic carbocycles. The Bertz CT molecular complexity index is 16.0. The SMILES string of the molecule is CCCO.C[CH-]C.[Zr]. The van der Waals surface area contributed by atoms with Crippen molar-refractivity contribution in [3.8, 4) is 0 Å². The zero-order valence-corrected chi connectivity index (χ0v) is 8.40. The molecular weight excluding hydrogens is 179 g/mol. The van der Waals surface area contributed by atoms with E-state index in [1.807, 2.05) is 27.2 Å². The monoisotopic (exact) mass is 193 g/mol. The van der Waals surface area contributed by atoms with Gasteiger partial charge in [-0.25, -0.2) is 0 Å². The summed E-state index contributed by atoms with van der Waals surface area (Å²) in [4.78, 5) is 0. The van der Waals surface area contributed by atoms with Gasteiger partial charge in [0.15, 0.2) is 0 Å². The predicted octanol–water partition coefficient (Wildman–Crippen LogP) is 1.62. The molecule has 0 aromatic rings. The van der Waals surface area contributed by atoms with Gasteiger partial charge in [0.1, 0.15) is 0 Å². The molecule has 0 amide bonds. The minimum atomic E-state index is 0. The smallest absolute Gasteiger partial charge is 0.0428 e. The summed E-state index contributed by atoms with van der Waals surface area (Å²) in [7, 11) is 0. The van der Waals surface area contributed by atoms with E-state index in [9.17, 15) is 0 Å². The number of hydrogen-bond donors (Lipinski definition) is 1. The molecule has 0 spiro atoms. The van der Waals surface area contributed by atoms with Gasteiger partial charge in [-0.15, -0.1) is 0 Å². The van der Waals surface area contributed by atoms with Gasteiger partial charge in [0.05, 0.1) is 0 Å². The first-order chi connectivity index (χ1) is 3.33. The van der Waals surface area contributed by atoms with Gasteiger partial charge in [-0.2, -0.15) is 13.8 Å². The Morgan fingerprint density at radius 2 is 1.50 bits per heavy atom. The van der Waals surface area contributed by atoms with Crippen molar-refractivity contribution in [2.45, 2.75) is 27.2 Å². The molecule has 0 saturated carbocycles. The molecule has 0 aliphatic heterocycles. The Hall–Kier alpha value is 0.843. The summed E-state index contributed by atoms with van der Waals surface area (Å²) in [5, 5.41) is 7.88. The fraction of sp³-hybridized carbons (Fsp3) is 0.833. The summed E-state index contributed by atoms with van der Waals surface area (Å²) in [5.74, 6) is 0. The first-order valence-corrected chi connectivity index (χ1v) is 2.68. The second-order valence-corrected chi connectivity index (χ2v) is 1.30. The van der Waals surface area contributed by atoms with Gasteiger partial charge < -0.3 is 11.5 Å². The summed E-state index contributed by atoms with van der Waals surface area (Å²) >= 11 is 0. The van der Waals surface area contributed by atoms with Crippen molar-refractivity contribution >= 4 is 0 Å². The molecule has 0 aliphatic rings. The summed E-state index contributed by atoms with van der Waals surface area (Å²) in [5.41, 5.74) is 0. The van der Waals surface area contributed by atoms with Crippen molar-refractivity contribution in [2.24, 2.45) is 0 Å². The van der Waals surface area contributed by atoms with Gasteiger partial charge >= 0.3 is 0 Å². The van der Waals surface area contributed by atoms with Gasteiger partial charge in [0.25, 0.3) is 0 Å². The molecule has 0 aromatic heterocycles. The zero-order valence-electron chi connectivity index (χ0n) is 5.94. The van der Waals surface area contributed by atoms with E-state index in [0.717, 1.165) is 6.42 Å². The molecule has 0 unspecified atom stereocenters. The molecule has 0 bridgehead atoms. The van der Waals surface area contributed by atoms with Gasteiger partial charge in [0.2, 0.25) is 0 Å². The zero-order chi connectivity index (χ0) is 6.12. The van der Waals surface area contributed by atoms with Crippen LogP contribution >= 0.6 is 0 Å². The fourth-order valence-electron chi connectivity index (χ4n) is 0. The third kappa shape index (κ3) is 68.8. The summed E-state index contributed by atoms with van der Waals surface area (Å²) < 4.78 is 0. The maximum atomic E-state index is 7.88. The van der Waals surface area contributed by atoms with E-state index < -0.39 is 0 Å². The first kappa shape index (κ1) is 15.9. The van der Waals surface area contributed by atoms with E-state index in [0.29, 0.717) is 6.61 Å². The second-order valence-electron chi connectivity index (χ2n) is 1.30. The molecule has 50 valence electrons. The van der Waals surface area contributed by atoms with Crippen LogP contribution in [0.15, 0.2) is 0 Å². The van der Waals surface area contributed by atoms with Crippen LogP contribution in [0.5, 0.6) is 0 Å². The Morgan fingerprint density at radius 1 is 1.38 bits per heavy atom. The van der Waals surface area contributed by atoms with Crippen molar-refractivity contribution in [3.05, 3.63) is 6.42 Å². The van der Waals surface area contributed by atoms with Crippen molar-refractivity contribution in [1.29, 1.82) is 0 Å². The molecule has 0 aromatic carbocycles. The number of aliphatic hydroxyl groups is 1. The van der Waals surface area contributed by atoms with Crippen LogP contribution in [0.3, 0.4) is 0 Å². The van der Waals surface area contributed by atoms with Crippen molar-refractivity contribution in [2.75, 3.05) is 6.61 Å². The van der Waals surface area contributed by atoms with Crippen LogP contribution in [0.1, 0.15) is 27.2 Å². The average molecular weight is 194 g/mol. The number of rotatable bonds is 1. The molecular formula is C6H15OZr-. The second kappa shape index (κ2) is 24.9. The molecule has 0 heterocycles. The van der Waals surface area contributed by atoms with Gasteiger partial charge in [-0.05, 0) is 6.42 Å². The molecule has 8 heavy (non-hydrogen) atoms. The van der Waals surface area contributed by atoms with Crippen molar-refractivity contribution in [1.82, 2.24) is 0 Å². The fourth-order valence-corrected chi connectivity index (χ4v) is 0. The van der Waals surface area contributed by atoms with Crippen molar-refractivity contribution in [3.63, 3.8) is 0 Å². The standard InChI is InChI=1S/C3H8O.C3H7.Zr/c1-2-3-4;1-3-2;/h4H,2-3H2,1H3;3H,1-2H3;/q;-1;. The number of aliphatic hydroxyl groups excluding tert-OH is 1. The third-order valence-corrected chi connectivity index (χ3v) is 0.224. The van der Waals surface area contributed by atoms with E-state index in [2.05, 4.69) is 0 Å². The predicted molar refractivity (Wildman–Crippen MR) is 33.0 cm³/mol. The van der Waals surface area contributed by atoms with Crippen LogP contribution in [0.4, 0.5) is 0 Å². The molecule has 1 N–H and O–H groups in total. The van der Waals surface area contributed by atoms with Crippen LogP contribution in [-0.4, -0.2) is 11.7 Å². The average Bonchev–Trinajstić information content (AvgIpc) is 1.69. The third-order valence-electron chi connectivity index (χ3n) is 0.224. The summed E-state index contributed by atoms with van der Waals surface area (Å²) in [6, 6.07) is 0. The molecule has 0 saturated heterocycles. The van der Waals surface area contributed by atoms with Crippen LogP contribution in [0.25, 0.3) is 0 Å². The van der Waals surface area contributed by atoms with E-state index in [-0.39, 0.29) is 26.2 Å². The van der Waals surface area contributed by atoms with E-state index in [1.54, 1.807) is 0 Å². The summed E-state index contributed by atoms with van der Waals surface area (Å²) in [6.07, 6.45) is 2.88. The Balaban J connectivity index is -0.0000000575. The van der Waals surface area contributed by atoms with Gasteiger partial charge in [-0.3, -0.25) is 0 Å². The van der Waals surface area contributed by atoms with Crippen LogP contribution in [0, 0.1) is 6.42 Å². The molecule has 0 radical (unpaired) electrons. The van der Waals surface area contributed by atoms with Crippen molar-refractivity contribution < 1.29 is 31.3 Å². The minimum absolute atomic E-state index is 0. The minimum Gasteiger partial charge on any atom is -0.396 e. The Morgan fingerprint density at radius 3 is 1.50 bits per heavy atom. The first-order valence-electron chi connectivity index (χ1n) is 2.68. The molecule has 0 atom stereocenters. The Kier molecular flexibility index (Phi) is 49.5. The van der Waals surface area contributed by atoms with E-state index in [1.165, 1.54) is 0 Å². The quantitative estimate of drug-likeness (QED) is 0.629. The Labute approximate surface area is 71.6 Å². The van der Waals surface area contributed by atoms with Crippen LogP contribution in [0.2, 0.25) is 0 Å².